The number of ether oxygens (including phenoxy) is 2. The van der Waals surface area contributed by atoms with Crippen molar-refractivity contribution in [2.24, 2.45) is 0 Å². The Morgan fingerprint density at radius 1 is 1.03 bits per heavy atom. The summed E-state index contributed by atoms with van der Waals surface area (Å²) in [6, 6.07) is 15.6. The lowest BCUT2D eigenvalue weighted by Crippen LogP contribution is -2.41. The van der Waals surface area contributed by atoms with Crippen LogP contribution in [-0.2, 0) is 4.74 Å². The highest BCUT2D eigenvalue weighted by atomic mass is 35.5. The first-order chi connectivity index (χ1) is 18.2. The highest BCUT2D eigenvalue weighted by Crippen LogP contribution is 2.28. The lowest BCUT2D eigenvalue weighted by Gasteiger charge is -2.30. The van der Waals surface area contributed by atoms with E-state index in [1.54, 1.807) is 75.7 Å². The minimum atomic E-state index is -0.672. The number of carbonyl (C=O) groups excluding carboxylic acids is 1. The predicted molar refractivity (Wildman–Crippen MR) is 151 cm³/mol. The normalized spacial score (nSPS) is 11.8. The van der Waals surface area contributed by atoms with E-state index >= 15 is 0 Å². The Balaban J connectivity index is 1.84. The number of fused-ring (bicyclic) bond motifs is 1. The third-order valence-electron chi connectivity index (χ3n) is 6.00. The maximum absolute atomic E-state index is 13.8. The number of nitrogens with one attached hydrogen (secondary N) is 1. The Morgan fingerprint density at radius 3 is 2.37 bits per heavy atom. The molecule has 2 amide bonds. The van der Waals surface area contributed by atoms with E-state index in [4.69, 9.17) is 49.3 Å². The molecule has 4 aromatic rings. The van der Waals surface area contributed by atoms with Crippen molar-refractivity contribution >= 4 is 57.4 Å². The number of halogens is 3. The number of rotatable bonds is 8. The first-order valence-corrected chi connectivity index (χ1v) is 12.7. The Morgan fingerprint density at radius 2 is 1.71 bits per heavy atom. The van der Waals surface area contributed by atoms with Crippen molar-refractivity contribution in [3.8, 4) is 11.4 Å². The van der Waals surface area contributed by atoms with Gasteiger partial charge < -0.3 is 19.7 Å². The summed E-state index contributed by atoms with van der Waals surface area (Å²) in [5.41, 5.74) is 1.07. The van der Waals surface area contributed by atoms with Crippen molar-refractivity contribution in [3.63, 3.8) is 0 Å². The zero-order valence-electron chi connectivity index (χ0n) is 20.9. The summed E-state index contributed by atoms with van der Waals surface area (Å²) >= 11 is 18.5. The highest BCUT2D eigenvalue weighted by molar-refractivity contribution is 6.36. The third kappa shape index (κ3) is 5.89. The van der Waals surface area contributed by atoms with Crippen LogP contribution in [0.15, 0.2) is 65.5 Å². The Bertz CT molecular complexity index is 1530. The molecular formula is C27H25Cl3N4O4. The molecule has 198 valence electrons. The van der Waals surface area contributed by atoms with Crippen LogP contribution in [0.5, 0.6) is 5.75 Å². The van der Waals surface area contributed by atoms with Gasteiger partial charge >= 0.3 is 6.03 Å². The molecular weight excluding hydrogens is 551 g/mol. The van der Waals surface area contributed by atoms with Crippen LogP contribution in [0.2, 0.25) is 15.1 Å². The minimum absolute atomic E-state index is 0.209. The van der Waals surface area contributed by atoms with E-state index in [0.29, 0.717) is 48.9 Å². The second kappa shape index (κ2) is 12.0. The number of aromatic nitrogens is 2. The number of hydrogen-bond acceptors (Lipinski definition) is 5. The van der Waals surface area contributed by atoms with E-state index in [1.807, 2.05) is 0 Å². The van der Waals surface area contributed by atoms with Gasteiger partial charge in [0.2, 0.25) is 0 Å². The quantitative estimate of drug-likeness (QED) is 0.256. The number of urea groups is 1. The number of benzene rings is 3. The fraction of sp³-hybridized carbons (Fsp3) is 0.222. The van der Waals surface area contributed by atoms with Gasteiger partial charge in [-0.3, -0.25) is 9.36 Å². The molecule has 0 saturated heterocycles. The summed E-state index contributed by atoms with van der Waals surface area (Å²) in [4.78, 5) is 33.6. The van der Waals surface area contributed by atoms with Crippen LogP contribution in [0, 0.1) is 0 Å². The van der Waals surface area contributed by atoms with Gasteiger partial charge in [-0.2, -0.15) is 0 Å². The van der Waals surface area contributed by atoms with E-state index in [0.717, 1.165) is 0 Å². The number of carbonyl (C=O) groups is 1. The molecule has 1 aromatic heterocycles. The lowest BCUT2D eigenvalue weighted by atomic mass is 10.2. The van der Waals surface area contributed by atoms with Crippen molar-refractivity contribution in [2.45, 2.75) is 13.0 Å². The molecule has 0 fully saturated rings. The number of methoxy groups -OCH3 is 2. The standard InChI is InChI=1S/C27H25Cl3N4O4/c1-16(33(12-13-37-2)27(36)32-23-11-5-17(28)14-22(23)30)25-31-24-15-18(29)4-10-21(24)26(35)34(25)19-6-8-20(38-3)9-7-19/h4-11,14-16H,12-13H2,1-3H3,(H,32,36). The van der Waals surface area contributed by atoms with Crippen LogP contribution < -0.4 is 15.6 Å². The minimum Gasteiger partial charge on any atom is -0.497 e. The number of amides is 2. The summed E-state index contributed by atoms with van der Waals surface area (Å²) in [5, 5.41) is 4.39. The van der Waals surface area contributed by atoms with Gasteiger partial charge in [-0.05, 0) is 67.6 Å². The van der Waals surface area contributed by atoms with Crippen molar-refractivity contribution < 1.29 is 14.3 Å². The van der Waals surface area contributed by atoms with Gasteiger partial charge in [-0.15, -0.1) is 0 Å². The van der Waals surface area contributed by atoms with Crippen molar-refractivity contribution in [3.05, 3.63) is 91.9 Å². The molecule has 1 heterocycles. The van der Waals surface area contributed by atoms with Gasteiger partial charge in [0.1, 0.15) is 11.6 Å². The lowest BCUT2D eigenvalue weighted by molar-refractivity contribution is 0.137. The highest BCUT2D eigenvalue weighted by Gasteiger charge is 2.27. The Labute approximate surface area is 234 Å². The SMILES string of the molecule is COCCN(C(=O)Nc1ccc(Cl)cc1Cl)C(C)c1nc2cc(Cl)ccc2c(=O)n1-c1ccc(OC)cc1. The first-order valence-electron chi connectivity index (χ1n) is 11.6. The largest absolute Gasteiger partial charge is 0.497 e. The molecule has 0 saturated carbocycles. The summed E-state index contributed by atoms with van der Waals surface area (Å²) in [6.45, 7) is 2.25. The molecule has 4 rings (SSSR count). The van der Waals surface area contributed by atoms with Gasteiger partial charge in [0.05, 0.1) is 47.1 Å². The monoisotopic (exact) mass is 574 g/mol. The smallest absolute Gasteiger partial charge is 0.322 e. The second-order valence-electron chi connectivity index (χ2n) is 8.39. The summed E-state index contributed by atoms with van der Waals surface area (Å²) in [6.07, 6.45) is 0. The van der Waals surface area contributed by atoms with Gasteiger partial charge in [0, 0.05) is 23.7 Å². The summed E-state index contributed by atoms with van der Waals surface area (Å²) in [5.74, 6) is 0.973. The number of anilines is 1. The molecule has 1 unspecified atom stereocenters. The van der Waals surface area contributed by atoms with E-state index < -0.39 is 12.1 Å². The predicted octanol–water partition coefficient (Wildman–Crippen LogP) is 6.60. The van der Waals surface area contributed by atoms with Crippen LogP contribution >= 0.6 is 34.8 Å². The average molecular weight is 576 g/mol. The van der Waals surface area contributed by atoms with Crippen LogP contribution in [0.3, 0.4) is 0 Å². The van der Waals surface area contributed by atoms with Gasteiger partial charge in [-0.25, -0.2) is 9.78 Å². The fourth-order valence-electron chi connectivity index (χ4n) is 4.02. The second-order valence-corrected chi connectivity index (χ2v) is 9.67. The molecule has 3 aromatic carbocycles. The van der Waals surface area contributed by atoms with E-state index in [-0.39, 0.29) is 18.7 Å². The molecule has 0 radical (unpaired) electrons. The van der Waals surface area contributed by atoms with Crippen LogP contribution in [0.1, 0.15) is 18.8 Å². The number of hydrogen-bond donors (Lipinski definition) is 1. The fourth-order valence-corrected chi connectivity index (χ4v) is 4.64. The molecule has 0 spiro atoms. The van der Waals surface area contributed by atoms with Gasteiger partial charge in [-0.1, -0.05) is 34.8 Å². The molecule has 11 heteroatoms. The molecule has 0 aliphatic heterocycles. The van der Waals surface area contributed by atoms with Crippen LogP contribution in [-0.4, -0.2) is 47.9 Å². The Hall–Kier alpha value is -3.30. The zero-order chi connectivity index (χ0) is 27.4. The van der Waals surface area contributed by atoms with E-state index in [2.05, 4.69) is 5.32 Å². The first kappa shape index (κ1) is 27.7. The molecule has 1 atom stereocenters. The van der Waals surface area contributed by atoms with E-state index in [1.165, 1.54) is 15.5 Å². The summed E-state index contributed by atoms with van der Waals surface area (Å²) < 4.78 is 12.0. The van der Waals surface area contributed by atoms with Gasteiger partial charge in [0.15, 0.2) is 0 Å². The van der Waals surface area contributed by atoms with E-state index in [9.17, 15) is 9.59 Å². The topological polar surface area (TPSA) is 85.7 Å². The zero-order valence-corrected chi connectivity index (χ0v) is 23.1. The molecule has 38 heavy (non-hydrogen) atoms. The molecule has 0 aliphatic carbocycles. The van der Waals surface area contributed by atoms with Crippen molar-refractivity contribution in [1.82, 2.24) is 14.5 Å². The van der Waals surface area contributed by atoms with Gasteiger partial charge in [0.25, 0.3) is 5.56 Å². The molecule has 0 aliphatic rings. The van der Waals surface area contributed by atoms with Crippen molar-refractivity contribution in [1.29, 1.82) is 0 Å². The Kier molecular flexibility index (Phi) is 8.79. The molecule has 0 bridgehead atoms. The third-order valence-corrected chi connectivity index (χ3v) is 6.78. The van der Waals surface area contributed by atoms with Crippen molar-refractivity contribution in [2.75, 3.05) is 32.7 Å². The average Bonchev–Trinajstić information content (AvgIpc) is 2.90. The van der Waals surface area contributed by atoms with Crippen LogP contribution in [0.25, 0.3) is 16.6 Å². The summed E-state index contributed by atoms with van der Waals surface area (Å²) in [7, 11) is 3.11. The molecule has 1 N–H and O–H groups in total. The maximum Gasteiger partial charge on any atom is 0.322 e. The van der Waals surface area contributed by atoms with Crippen LogP contribution in [0.4, 0.5) is 10.5 Å². The number of nitrogens with zero attached hydrogens (tertiary/aromatic N) is 3. The molecule has 8 nitrogen and oxygen atoms in total. The maximum atomic E-state index is 13.8.